The zero-order valence-electron chi connectivity index (χ0n) is 16.3. The van der Waals surface area contributed by atoms with Gasteiger partial charge in [0.2, 0.25) is 5.89 Å². The fraction of sp³-hybridized carbons (Fsp3) is 0.0870. The first kappa shape index (κ1) is 19.1. The Morgan fingerprint density at radius 2 is 1.77 bits per heavy atom. The van der Waals surface area contributed by atoms with Crippen molar-refractivity contribution in [1.82, 2.24) is 10.3 Å². The van der Waals surface area contributed by atoms with Crippen LogP contribution in [-0.2, 0) is 0 Å². The minimum Gasteiger partial charge on any atom is -0.486 e. The predicted molar refractivity (Wildman–Crippen MR) is 121 cm³/mol. The van der Waals surface area contributed by atoms with E-state index in [2.05, 4.69) is 15.6 Å². The van der Waals surface area contributed by atoms with Crippen molar-refractivity contribution in [3.8, 4) is 23.0 Å². The zero-order valence-corrected chi connectivity index (χ0v) is 17.1. The first-order valence-corrected chi connectivity index (χ1v) is 10.0. The van der Waals surface area contributed by atoms with Gasteiger partial charge >= 0.3 is 0 Å². The highest BCUT2D eigenvalue weighted by molar-refractivity contribution is 7.80. The number of anilines is 1. The number of aromatic nitrogens is 1. The molecule has 1 aromatic heterocycles. The average Bonchev–Trinajstić information content (AvgIpc) is 3.23. The van der Waals surface area contributed by atoms with E-state index in [0.29, 0.717) is 41.9 Å². The Morgan fingerprint density at radius 1 is 0.935 bits per heavy atom. The molecular weight excluding hydrogens is 414 g/mol. The molecule has 0 fully saturated rings. The van der Waals surface area contributed by atoms with Crippen molar-refractivity contribution in [2.45, 2.75) is 0 Å². The topological polar surface area (TPSA) is 85.6 Å². The number of carbonyl (C=O) groups excluding carboxylic acids is 1. The third-order valence-electron chi connectivity index (χ3n) is 4.69. The standard InChI is InChI=1S/C23H17N3O4S/c27-21(14-8-9-19-20(13-14)29-11-10-28-19)26-23(31)24-16-5-3-4-15(12-16)22-25-17-6-1-2-7-18(17)30-22/h1-9,12-13H,10-11H2,(H2,24,26,27,31). The number of para-hydroxylation sites is 2. The van der Waals surface area contributed by atoms with E-state index < -0.39 is 0 Å². The summed E-state index contributed by atoms with van der Waals surface area (Å²) < 4.78 is 16.8. The summed E-state index contributed by atoms with van der Waals surface area (Å²) in [7, 11) is 0. The molecule has 0 unspecified atom stereocenters. The second kappa shape index (κ2) is 8.08. The first-order chi connectivity index (χ1) is 15.2. The number of rotatable bonds is 3. The van der Waals surface area contributed by atoms with Gasteiger partial charge in [0.05, 0.1) is 0 Å². The molecule has 0 bridgehead atoms. The van der Waals surface area contributed by atoms with Crippen molar-refractivity contribution in [3.63, 3.8) is 0 Å². The van der Waals surface area contributed by atoms with Crippen molar-refractivity contribution in [1.29, 1.82) is 0 Å². The van der Waals surface area contributed by atoms with Gasteiger partial charge in [0.1, 0.15) is 18.7 Å². The van der Waals surface area contributed by atoms with E-state index in [1.54, 1.807) is 18.2 Å². The minimum absolute atomic E-state index is 0.176. The number of oxazole rings is 1. The number of fused-ring (bicyclic) bond motifs is 2. The monoisotopic (exact) mass is 431 g/mol. The molecule has 1 aliphatic rings. The van der Waals surface area contributed by atoms with E-state index in [1.165, 1.54) is 0 Å². The molecule has 2 N–H and O–H groups in total. The maximum Gasteiger partial charge on any atom is 0.257 e. The van der Waals surface area contributed by atoms with Crippen LogP contribution in [0.2, 0.25) is 0 Å². The van der Waals surface area contributed by atoms with Crippen LogP contribution in [0.15, 0.2) is 71.1 Å². The lowest BCUT2D eigenvalue weighted by Crippen LogP contribution is -2.34. The molecular formula is C23H17N3O4S. The lowest BCUT2D eigenvalue weighted by Gasteiger charge is -2.18. The first-order valence-electron chi connectivity index (χ1n) is 9.64. The van der Waals surface area contributed by atoms with Crippen molar-refractivity contribution in [2.24, 2.45) is 0 Å². The number of thiocarbonyl (C=S) groups is 1. The van der Waals surface area contributed by atoms with Crippen molar-refractivity contribution in [2.75, 3.05) is 18.5 Å². The number of hydrogen-bond donors (Lipinski definition) is 2. The van der Waals surface area contributed by atoms with Crippen LogP contribution in [0, 0.1) is 0 Å². The lowest BCUT2D eigenvalue weighted by atomic mass is 10.2. The van der Waals surface area contributed by atoms with Gasteiger partial charge in [0.25, 0.3) is 5.91 Å². The molecule has 0 spiro atoms. The van der Waals surface area contributed by atoms with Gasteiger partial charge in [-0.05, 0) is 60.7 Å². The van der Waals surface area contributed by atoms with Gasteiger partial charge in [-0.15, -0.1) is 0 Å². The van der Waals surface area contributed by atoms with E-state index in [4.69, 9.17) is 26.1 Å². The Bertz CT molecular complexity index is 1270. The van der Waals surface area contributed by atoms with Crippen LogP contribution in [0.4, 0.5) is 5.69 Å². The van der Waals surface area contributed by atoms with Crippen molar-refractivity contribution < 1.29 is 18.7 Å². The molecule has 0 radical (unpaired) electrons. The third-order valence-corrected chi connectivity index (χ3v) is 4.90. The van der Waals surface area contributed by atoms with Crippen LogP contribution in [-0.4, -0.2) is 29.2 Å². The molecule has 0 atom stereocenters. The van der Waals surface area contributed by atoms with Gasteiger partial charge in [-0.1, -0.05) is 18.2 Å². The molecule has 8 heteroatoms. The van der Waals surface area contributed by atoms with Gasteiger partial charge in [-0.3, -0.25) is 10.1 Å². The molecule has 1 aliphatic heterocycles. The lowest BCUT2D eigenvalue weighted by molar-refractivity contribution is 0.0976. The molecule has 0 saturated heterocycles. The summed E-state index contributed by atoms with van der Waals surface area (Å²) in [4.78, 5) is 17.1. The van der Waals surface area contributed by atoms with Gasteiger partial charge in [0, 0.05) is 16.8 Å². The van der Waals surface area contributed by atoms with Crippen LogP contribution in [0.3, 0.4) is 0 Å². The van der Waals surface area contributed by atoms with Crippen LogP contribution < -0.4 is 20.1 Å². The van der Waals surface area contributed by atoms with Crippen LogP contribution in [0.25, 0.3) is 22.6 Å². The fourth-order valence-corrected chi connectivity index (χ4v) is 3.46. The molecule has 154 valence electrons. The fourth-order valence-electron chi connectivity index (χ4n) is 3.25. The molecule has 2 heterocycles. The third kappa shape index (κ3) is 4.06. The van der Waals surface area contributed by atoms with Crippen LogP contribution in [0.1, 0.15) is 10.4 Å². The highest BCUT2D eigenvalue weighted by Crippen LogP contribution is 2.30. The summed E-state index contributed by atoms with van der Waals surface area (Å²) in [5.41, 5.74) is 3.43. The Hall–Kier alpha value is -3.91. The smallest absolute Gasteiger partial charge is 0.257 e. The predicted octanol–water partition coefficient (Wildman–Crippen LogP) is 4.39. The molecule has 1 amide bonds. The van der Waals surface area contributed by atoms with Gasteiger partial charge in [-0.25, -0.2) is 4.98 Å². The summed E-state index contributed by atoms with van der Waals surface area (Å²) in [6, 6.07) is 20.0. The summed E-state index contributed by atoms with van der Waals surface area (Å²) in [5, 5.41) is 5.88. The van der Waals surface area contributed by atoms with E-state index >= 15 is 0 Å². The van der Waals surface area contributed by atoms with Crippen LogP contribution >= 0.6 is 12.2 Å². The number of nitrogens with one attached hydrogen (secondary N) is 2. The maximum atomic E-state index is 12.6. The maximum absolute atomic E-state index is 12.6. The molecule has 31 heavy (non-hydrogen) atoms. The van der Waals surface area contributed by atoms with Gasteiger partial charge in [-0.2, -0.15) is 0 Å². The molecule has 0 aliphatic carbocycles. The van der Waals surface area contributed by atoms with Gasteiger partial charge in [0.15, 0.2) is 22.2 Å². The average molecular weight is 431 g/mol. The number of carbonyl (C=O) groups is 1. The number of benzene rings is 3. The largest absolute Gasteiger partial charge is 0.486 e. The summed E-state index contributed by atoms with van der Waals surface area (Å²) in [6.45, 7) is 0.948. The number of ether oxygens (including phenoxy) is 2. The van der Waals surface area contributed by atoms with E-state index in [1.807, 2.05) is 48.5 Å². The summed E-state index contributed by atoms with van der Waals surface area (Å²) in [5.74, 6) is 1.34. The molecule has 0 saturated carbocycles. The van der Waals surface area contributed by atoms with E-state index in [-0.39, 0.29) is 11.0 Å². The summed E-state index contributed by atoms with van der Waals surface area (Å²) in [6.07, 6.45) is 0. The molecule has 7 nitrogen and oxygen atoms in total. The second-order valence-corrected chi connectivity index (χ2v) is 7.24. The number of amides is 1. The second-order valence-electron chi connectivity index (χ2n) is 6.83. The highest BCUT2D eigenvalue weighted by Gasteiger charge is 2.16. The van der Waals surface area contributed by atoms with Crippen molar-refractivity contribution >= 4 is 40.0 Å². The van der Waals surface area contributed by atoms with Gasteiger partial charge < -0.3 is 19.2 Å². The van der Waals surface area contributed by atoms with E-state index in [9.17, 15) is 4.79 Å². The highest BCUT2D eigenvalue weighted by atomic mass is 32.1. The summed E-state index contributed by atoms with van der Waals surface area (Å²) >= 11 is 5.31. The Balaban J connectivity index is 1.28. The number of nitrogens with zero attached hydrogens (tertiary/aromatic N) is 1. The Labute approximate surface area is 183 Å². The minimum atomic E-state index is -0.343. The van der Waals surface area contributed by atoms with Crippen molar-refractivity contribution in [3.05, 3.63) is 72.3 Å². The molecule has 5 rings (SSSR count). The quantitative estimate of drug-likeness (QED) is 0.465. The Morgan fingerprint density at radius 3 is 2.65 bits per heavy atom. The normalized spacial score (nSPS) is 12.4. The number of hydrogen-bond acceptors (Lipinski definition) is 6. The zero-order chi connectivity index (χ0) is 21.2. The Kier molecular flexibility index (Phi) is 4.97. The molecule has 3 aromatic carbocycles. The van der Waals surface area contributed by atoms with Crippen LogP contribution in [0.5, 0.6) is 11.5 Å². The molecule has 4 aromatic rings. The SMILES string of the molecule is O=C(NC(=S)Nc1cccc(-c2nc3ccccc3o2)c1)c1ccc2c(c1)OCCO2. The van der Waals surface area contributed by atoms with E-state index in [0.717, 1.165) is 16.7 Å².